The summed E-state index contributed by atoms with van der Waals surface area (Å²) in [5, 5.41) is 9.18. The molecule has 1 aliphatic carbocycles. The number of hydrogen-bond acceptors (Lipinski definition) is 4. The third-order valence-electron chi connectivity index (χ3n) is 3.78. The lowest BCUT2D eigenvalue weighted by atomic mass is 9.95. The predicted octanol–water partition coefficient (Wildman–Crippen LogP) is 2.76. The second kappa shape index (κ2) is 6.38. The number of benzene rings is 1. The van der Waals surface area contributed by atoms with Gasteiger partial charge in [0.15, 0.2) is 0 Å². The molecule has 1 fully saturated rings. The van der Waals surface area contributed by atoms with E-state index in [2.05, 4.69) is 26.1 Å². The van der Waals surface area contributed by atoms with Gasteiger partial charge in [-0.1, -0.05) is 27.5 Å². The van der Waals surface area contributed by atoms with Crippen LogP contribution in [0, 0.1) is 31.1 Å². The first kappa shape index (κ1) is 16.5. The second-order valence-electron chi connectivity index (χ2n) is 5.29. The van der Waals surface area contributed by atoms with Crippen LogP contribution in [-0.4, -0.2) is 21.9 Å². The van der Waals surface area contributed by atoms with Crippen LogP contribution in [0.5, 0.6) is 0 Å². The van der Waals surface area contributed by atoms with Crippen molar-refractivity contribution in [3.8, 4) is 5.69 Å². The van der Waals surface area contributed by atoms with E-state index in [1.54, 1.807) is 49.7 Å². The zero-order valence-corrected chi connectivity index (χ0v) is 14.9. The summed E-state index contributed by atoms with van der Waals surface area (Å²) in [6.45, 7) is 0. The van der Waals surface area contributed by atoms with E-state index in [4.69, 9.17) is 11.6 Å². The highest BCUT2D eigenvalue weighted by atomic mass is 79.9. The Hall–Kier alpha value is -1.99. The number of rotatable bonds is 2. The van der Waals surface area contributed by atoms with E-state index in [0.717, 1.165) is 15.4 Å². The number of hydrazone groups is 1. The van der Waals surface area contributed by atoms with Gasteiger partial charge in [-0.05, 0) is 43.5 Å². The Morgan fingerprint density at radius 3 is 2.60 bits per heavy atom. The fraction of sp³-hybridized carbons (Fsp3) is 0. The maximum atomic E-state index is 12.6. The molecule has 1 saturated carbocycles. The molecule has 4 rings (SSSR count). The largest absolute Gasteiger partial charge is 0.292 e. The summed E-state index contributed by atoms with van der Waals surface area (Å²) in [7, 11) is 0. The molecule has 123 valence electrons. The van der Waals surface area contributed by atoms with Crippen molar-refractivity contribution in [3.63, 3.8) is 0 Å². The Kier molecular flexibility index (Phi) is 4.21. The average Bonchev–Trinajstić information content (AvgIpc) is 3.09. The molecule has 0 atom stereocenters. The van der Waals surface area contributed by atoms with Crippen molar-refractivity contribution in [2.45, 2.75) is 0 Å². The smallest absolute Gasteiger partial charge is 0.272 e. The van der Waals surface area contributed by atoms with Gasteiger partial charge in [0.2, 0.25) is 0 Å². The zero-order valence-electron chi connectivity index (χ0n) is 12.6. The van der Waals surface area contributed by atoms with Gasteiger partial charge in [-0.15, -0.1) is 0 Å². The normalized spacial score (nSPS) is 18.0. The van der Waals surface area contributed by atoms with E-state index in [-0.39, 0.29) is 16.6 Å². The fourth-order valence-corrected chi connectivity index (χ4v) is 3.01. The molecule has 6 nitrogen and oxygen atoms in total. The Morgan fingerprint density at radius 2 is 1.84 bits per heavy atom. The first-order chi connectivity index (χ1) is 12.1. The van der Waals surface area contributed by atoms with Crippen LogP contribution in [0.2, 0.25) is 5.02 Å². The molecule has 2 aromatic rings. The summed E-state index contributed by atoms with van der Waals surface area (Å²) in [6.07, 6.45) is 8.16. The number of fused-ring (bicyclic) bond motifs is 1. The molecule has 1 aliphatic heterocycles. The summed E-state index contributed by atoms with van der Waals surface area (Å²) in [4.78, 5) is 25.1. The summed E-state index contributed by atoms with van der Waals surface area (Å²) >= 11 is 9.57. The third kappa shape index (κ3) is 2.81. The first-order valence-electron chi connectivity index (χ1n) is 7.24. The van der Waals surface area contributed by atoms with Crippen molar-refractivity contribution in [2.24, 2.45) is 5.10 Å². The van der Waals surface area contributed by atoms with E-state index >= 15 is 0 Å². The van der Waals surface area contributed by atoms with Crippen LogP contribution in [0.3, 0.4) is 0 Å². The van der Waals surface area contributed by atoms with E-state index < -0.39 is 5.56 Å². The standard InChI is InChI=1S/C17H9BrClN4O2/c18-11-4-6-12(7-5-11)22-17(25)15(19)14(9-21-22)23-16(24)13-3-1-2-10(13)8-20-23/h1-9H. The van der Waals surface area contributed by atoms with Gasteiger partial charge in [0.05, 0.1) is 17.8 Å². The Morgan fingerprint density at radius 1 is 1.08 bits per heavy atom. The molecule has 0 saturated heterocycles. The third-order valence-corrected chi connectivity index (χ3v) is 4.67. The number of hydrogen-bond donors (Lipinski definition) is 0. The van der Waals surface area contributed by atoms with Crippen molar-refractivity contribution in [3.05, 3.63) is 81.4 Å². The molecule has 0 N–H and O–H groups in total. The van der Waals surface area contributed by atoms with Crippen LogP contribution in [0.1, 0.15) is 0 Å². The van der Waals surface area contributed by atoms with Gasteiger partial charge in [-0.3, -0.25) is 9.59 Å². The van der Waals surface area contributed by atoms with Crippen LogP contribution in [0.4, 0.5) is 5.69 Å². The molecule has 0 spiro atoms. The van der Waals surface area contributed by atoms with Gasteiger partial charge in [0, 0.05) is 16.6 Å². The number of carbonyl (C=O) groups is 1. The Labute approximate surface area is 157 Å². The van der Waals surface area contributed by atoms with Gasteiger partial charge in [0.25, 0.3) is 11.5 Å². The van der Waals surface area contributed by atoms with Gasteiger partial charge in [-0.25, -0.2) is 0 Å². The van der Waals surface area contributed by atoms with E-state index in [1.807, 2.05) is 0 Å². The number of anilines is 1. The quantitative estimate of drug-likeness (QED) is 0.756. The van der Waals surface area contributed by atoms with Crippen LogP contribution >= 0.6 is 27.5 Å². The predicted molar refractivity (Wildman–Crippen MR) is 97.9 cm³/mol. The fourth-order valence-electron chi connectivity index (χ4n) is 2.54. The lowest BCUT2D eigenvalue weighted by Gasteiger charge is -2.26. The number of carbonyl (C=O) groups excluding carboxylic acids is 1. The van der Waals surface area contributed by atoms with Gasteiger partial charge in [0.1, 0.15) is 10.7 Å². The molecule has 0 unspecified atom stereocenters. The monoisotopic (exact) mass is 415 g/mol. The summed E-state index contributed by atoms with van der Waals surface area (Å²) in [5.74, 6) is 0.878. The highest BCUT2D eigenvalue weighted by Crippen LogP contribution is 2.38. The number of halogens is 2. The first-order valence-corrected chi connectivity index (χ1v) is 8.41. The number of amides is 1. The maximum Gasteiger partial charge on any atom is 0.292 e. The van der Waals surface area contributed by atoms with E-state index in [1.165, 1.54) is 10.9 Å². The van der Waals surface area contributed by atoms with Crippen LogP contribution in [0.15, 0.2) is 44.8 Å². The van der Waals surface area contributed by atoms with Gasteiger partial charge >= 0.3 is 0 Å². The molecule has 1 aromatic heterocycles. The second-order valence-corrected chi connectivity index (χ2v) is 6.59. The SMILES string of the molecule is O=C1[C]2[CH][CH][CH][C]2C=NN1c1cnn(-c2ccc(Br)cc2)c(=O)c1Cl. The Balaban J connectivity index is 1.74. The van der Waals surface area contributed by atoms with E-state index in [9.17, 15) is 9.59 Å². The molecule has 2 heterocycles. The van der Waals surface area contributed by atoms with Gasteiger partial charge in [-0.2, -0.15) is 19.9 Å². The van der Waals surface area contributed by atoms with Crippen LogP contribution < -0.4 is 10.6 Å². The van der Waals surface area contributed by atoms with Crippen molar-refractivity contribution in [1.29, 1.82) is 0 Å². The summed E-state index contributed by atoms with van der Waals surface area (Å²) < 4.78 is 2.05. The molecule has 25 heavy (non-hydrogen) atoms. The average molecular weight is 417 g/mol. The molecule has 1 aromatic carbocycles. The molecule has 0 bridgehead atoms. The van der Waals surface area contributed by atoms with Crippen LogP contribution in [-0.2, 0) is 4.79 Å². The molecule has 2 aliphatic rings. The van der Waals surface area contributed by atoms with Crippen molar-refractivity contribution in [1.82, 2.24) is 9.78 Å². The van der Waals surface area contributed by atoms with E-state index in [0.29, 0.717) is 11.6 Å². The highest BCUT2D eigenvalue weighted by molar-refractivity contribution is 9.10. The van der Waals surface area contributed by atoms with Crippen molar-refractivity contribution < 1.29 is 4.79 Å². The lowest BCUT2D eigenvalue weighted by Crippen LogP contribution is -2.38. The minimum Gasteiger partial charge on any atom is -0.272 e. The summed E-state index contributed by atoms with van der Waals surface area (Å²) in [6, 6.07) is 7.05. The summed E-state index contributed by atoms with van der Waals surface area (Å²) in [5.41, 5.74) is 0.180. The molecular weight excluding hydrogens is 408 g/mol. The number of nitrogens with zero attached hydrogens (tertiary/aromatic N) is 4. The molecule has 5 radical (unpaired) electrons. The van der Waals surface area contributed by atoms with Crippen molar-refractivity contribution >= 4 is 45.3 Å². The Bertz CT molecular complexity index is 925. The zero-order chi connectivity index (χ0) is 17.6. The maximum absolute atomic E-state index is 12.6. The molecule has 8 heteroatoms. The van der Waals surface area contributed by atoms with Crippen molar-refractivity contribution in [2.75, 3.05) is 5.01 Å². The van der Waals surface area contributed by atoms with Gasteiger partial charge < -0.3 is 0 Å². The topological polar surface area (TPSA) is 67.6 Å². The lowest BCUT2D eigenvalue weighted by molar-refractivity contribution is -0.116. The molecule has 1 amide bonds. The minimum absolute atomic E-state index is 0.126. The van der Waals surface area contributed by atoms with Crippen LogP contribution in [0.25, 0.3) is 5.69 Å². The minimum atomic E-state index is -0.530. The molecular formula is C17H9BrClN4O2. The number of aromatic nitrogens is 2. The highest BCUT2D eigenvalue weighted by Gasteiger charge is 2.41.